The molecule has 2 N–H and O–H groups in total. The second-order valence-electron chi connectivity index (χ2n) is 2.14. The number of nitrogens with zero attached hydrogens (tertiary/aromatic N) is 1. The molecule has 0 heterocycles. The Bertz CT molecular complexity index is 135. The van der Waals surface area contributed by atoms with E-state index >= 15 is 0 Å². The van der Waals surface area contributed by atoms with Crippen molar-refractivity contribution in [1.29, 1.82) is 5.26 Å². The smallest absolute Gasteiger partial charge is 0.133 e. The third kappa shape index (κ3) is 6.07. The molecule has 0 aliphatic carbocycles. The first-order valence-electron chi connectivity index (χ1n) is 3.67. The van der Waals surface area contributed by atoms with Crippen molar-refractivity contribution >= 4 is 0 Å². The molecule has 0 rings (SSSR count). The number of ether oxygens (including phenoxy) is 2. The van der Waals surface area contributed by atoms with E-state index in [1.165, 1.54) is 0 Å². The number of nitrogens with one attached hydrogen (secondary N) is 1. The average Bonchev–Trinajstić information content (AvgIpc) is 2.11. The monoisotopic (exact) mass is 174 g/mol. The minimum absolute atomic E-state index is 0.0272. The van der Waals surface area contributed by atoms with Crippen molar-refractivity contribution in [1.82, 2.24) is 5.32 Å². The third-order valence-corrected chi connectivity index (χ3v) is 1.14. The summed E-state index contributed by atoms with van der Waals surface area (Å²) >= 11 is 0. The van der Waals surface area contributed by atoms with Crippen LogP contribution in [0, 0.1) is 11.3 Å². The normalized spacial score (nSPS) is 12.4. The lowest BCUT2D eigenvalue weighted by atomic mass is 10.4. The summed E-state index contributed by atoms with van der Waals surface area (Å²) in [5, 5.41) is 19.6. The molecule has 0 aromatic carbocycles. The van der Waals surface area contributed by atoms with E-state index in [1.807, 2.05) is 6.07 Å². The van der Waals surface area contributed by atoms with Gasteiger partial charge in [0.25, 0.3) is 0 Å². The van der Waals surface area contributed by atoms with Gasteiger partial charge in [0.15, 0.2) is 0 Å². The number of aliphatic hydroxyl groups is 1. The van der Waals surface area contributed by atoms with Gasteiger partial charge < -0.3 is 14.6 Å². The molecule has 0 saturated carbocycles. The molecule has 5 nitrogen and oxygen atoms in total. The fourth-order valence-electron chi connectivity index (χ4n) is 0.591. The Morgan fingerprint density at radius 1 is 1.67 bits per heavy atom. The van der Waals surface area contributed by atoms with Gasteiger partial charge in [-0.25, -0.2) is 0 Å². The van der Waals surface area contributed by atoms with Crippen LogP contribution < -0.4 is 5.32 Å². The van der Waals surface area contributed by atoms with Crippen LogP contribution >= 0.6 is 0 Å². The zero-order valence-electron chi connectivity index (χ0n) is 7.12. The Morgan fingerprint density at radius 2 is 2.42 bits per heavy atom. The lowest BCUT2D eigenvalue weighted by Gasteiger charge is -2.13. The Morgan fingerprint density at radius 3 is 2.92 bits per heavy atom. The highest BCUT2D eigenvalue weighted by atomic mass is 16.5. The summed E-state index contributed by atoms with van der Waals surface area (Å²) < 4.78 is 9.95. The summed E-state index contributed by atoms with van der Waals surface area (Å²) in [7, 11) is 1.74. The first-order chi connectivity index (χ1) is 5.85. The maximum absolute atomic E-state index is 8.74. The van der Waals surface area contributed by atoms with Crippen molar-refractivity contribution in [2.75, 3.05) is 33.6 Å². The fourth-order valence-corrected chi connectivity index (χ4v) is 0.591. The Labute approximate surface area is 71.9 Å². The van der Waals surface area contributed by atoms with Crippen molar-refractivity contribution in [3.63, 3.8) is 0 Å². The predicted octanol–water partition coefficient (Wildman–Crippen LogP) is -0.919. The number of hydrogen-bond acceptors (Lipinski definition) is 5. The van der Waals surface area contributed by atoms with Crippen LogP contribution in [-0.2, 0) is 9.47 Å². The second kappa shape index (κ2) is 8.43. The molecule has 12 heavy (non-hydrogen) atoms. The molecule has 0 aliphatic rings. The summed E-state index contributed by atoms with van der Waals surface area (Å²) in [4.78, 5) is 0. The minimum atomic E-state index is -0.356. The molecule has 0 bridgehead atoms. The van der Waals surface area contributed by atoms with Crippen molar-refractivity contribution < 1.29 is 14.6 Å². The number of hydrogen-bond donors (Lipinski definition) is 2. The molecule has 0 aliphatic heterocycles. The lowest BCUT2D eigenvalue weighted by Crippen LogP contribution is -2.28. The number of rotatable bonds is 7. The second-order valence-corrected chi connectivity index (χ2v) is 2.14. The minimum Gasteiger partial charge on any atom is -0.394 e. The van der Waals surface area contributed by atoms with Gasteiger partial charge in [0.2, 0.25) is 0 Å². The van der Waals surface area contributed by atoms with Gasteiger partial charge in [0, 0.05) is 0 Å². The van der Waals surface area contributed by atoms with Crippen molar-refractivity contribution in [2.24, 2.45) is 0 Å². The molecule has 0 spiro atoms. The van der Waals surface area contributed by atoms with Crippen molar-refractivity contribution in [3.05, 3.63) is 0 Å². The summed E-state index contributed by atoms with van der Waals surface area (Å²) in [5.41, 5.74) is 0. The molecular weight excluding hydrogens is 160 g/mol. The van der Waals surface area contributed by atoms with E-state index in [1.54, 1.807) is 7.05 Å². The zero-order chi connectivity index (χ0) is 9.23. The molecule has 70 valence electrons. The van der Waals surface area contributed by atoms with Crippen LogP contribution in [0.2, 0.25) is 0 Å². The van der Waals surface area contributed by atoms with Crippen LogP contribution in [0.15, 0.2) is 0 Å². The average molecular weight is 174 g/mol. The Kier molecular flexibility index (Phi) is 7.96. The van der Waals surface area contributed by atoms with Gasteiger partial charge in [0.1, 0.15) is 12.7 Å². The molecule has 1 atom stereocenters. The third-order valence-electron chi connectivity index (χ3n) is 1.14. The van der Waals surface area contributed by atoms with Gasteiger partial charge in [-0.05, 0) is 7.05 Å². The van der Waals surface area contributed by atoms with Gasteiger partial charge >= 0.3 is 0 Å². The molecule has 0 aromatic rings. The van der Waals surface area contributed by atoms with Gasteiger partial charge in [-0.15, -0.1) is 0 Å². The van der Waals surface area contributed by atoms with Gasteiger partial charge in [-0.2, -0.15) is 5.26 Å². The van der Waals surface area contributed by atoms with Gasteiger partial charge in [-0.1, -0.05) is 0 Å². The van der Waals surface area contributed by atoms with E-state index in [4.69, 9.17) is 19.8 Å². The van der Waals surface area contributed by atoms with E-state index in [0.29, 0.717) is 6.73 Å². The summed E-state index contributed by atoms with van der Waals surface area (Å²) in [6, 6.07) is 1.83. The van der Waals surface area contributed by atoms with Crippen LogP contribution in [-0.4, -0.2) is 44.8 Å². The van der Waals surface area contributed by atoms with E-state index in [9.17, 15) is 0 Å². The Hall–Kier alpha value is -0.670. The van der Waals surface area contributed by atoms with E-state index < -0.39 is 0 Å². The summed E-state index contributed by atoms with van der Waals surface area (Å²) in [6.07, 6.45) is -0.356. The Balaban J connectivity index is 3.34. The van der Waals surface area contributed by atoms with Crippen LogP contribution in [0.5, 0.6) is 0 Å². The van der Waals surface area contributed by atoms with Crippen LogP contribution in [0.25, 0.3) is 0 Å². The number of aliphatic hydroxyl groups excluding tert-OH is 1. The molecule has 0 unspecified atom stereocenters. The fraction of sp³-hybridized carbons (Fsp3) is 0.857. The van der Waals surface area contributed by atoms with Crippen LogP contribution in [0.1, 0.15) is 0 Å². The van der Waals surface area contributed by atoms with Crippen molar-refractivity contribution in [3.8, 4) is 6.07 Å². The molecular formula is C7H14N2O3. The molecule has 0 aromatic heterocycles. The van der Waals surface area contributed by atoms with Crippen molar-refractivity contribution in [2.45, 2.75) is 6.10 Å². The highest BCUT2D eigenvalue weighted by molar-refractivity contribution is 4.67. The standard InChI is InChI=1S/C7H14N2O3/c1-9-6-12-7(4-10)5-11-3-2-8/h7,9-10H,3-6H2,1H3/t7-/m0/s1. The first-order valence-corrected chi connectivity index (χ1v) is 3.67. The van der Waals surface area contributed by atoms with Crippen LogP contribution in [0.3, 0.4) is 0 Å². The SMILES string of the molecule is CNCO[C@@H](CO)COCC#N. The van der Waals surface area contributed by atoms with Crippen LogP contribution in [0.4, 0.5) is 0 Å². The highest BCUT2D eigenvalue weighted by Crippen LogP contribution is 1.90. The quantitative estimate of drug-likeness (QED) is 0.386. The molecule has 0 radical (unpaired) electrons. The van der Waals surface area contributed by atoms with Gasteiger partial charge in [0.05, 0.1) is 26.0 Å². The van der Waals surface area contributed by atoms with E-state index in [-0.39, 0.29) is 25.9 Å². The maximum atomic E-state index is 8.74. The van der Waals surface area contributed by atoms with Gasteiger partial charge in [-0.3, -0.25) is 5.32 Å². The maximum Gasteiger partial charge on any atom is 0.133 e. The molecule has 5 heteroatoms. The molecule has 0 saturated heterocycles. The van der Waals surface area contributed by atoms with E-state index in [0.717, 1.165) is 0 Å². The summed E-state index contributed by atoms with van der Waals surface area (Å²) in [6.45, 7) is 0.527. The highest BCUT2D eigenvalue weighted by Gasteiger charge is 2.06. The zero-order valence-corrected chi connectivity index (χ0v) is 7.12. The van der Waals surface area contributed by atoms with E-state index in [2.05, 4.69) is 5.32 Å². The predicted molar refractivity (Wildman–Crippen MR) is 42.3 cm³/mol. The number of nitriles is 1. The molecule has 0 amide bonds. The topological polar surface area (TPSA) is 74.5 Å². The first kappa shape index (κ1) is 11.3. The lowest BCUT2D eigenvalue weighted by molar-refractivity contribution is -0.0411. The largest absolute Gasteiger partial charge is 0.394 e. The molecule has 0 fully saturated rings. The summed E-state index contributed by atoms with van der Waals surface area (Å²) in [5.74, 6) is 0.